The fourth-order valence-corrected chi connectivity index (χ4v) is 3.33. The van der Waals surface area contributed by atoms with Crippen LogP contribution < -0.4 is 9.47 Å². The van der Waals surface area contributed by atoms with E-state index >= 15 is 0 Å². The number of rotatable bonds is 6. The van der Waals surface area contributed by atoms with Crippen LogP contribution >= 0.6 is 11.6 Å². The minimum absolute atomic E-state index is 0.0693. The molecule has 0 fully saturated rings. The van der Waals surface area contributed by atoms with Gasteiger partial charge in [-0.1, -0.05) is 35.9 Å². The highest BCUT2D eigenvalue weighted by atomic mass is 35.5. The van der Waals surface area contributed by atoms with Crippen molar-refractivity contribution >= 4 is 35.3 Å². The zero-order valence-electron chi connectivity index (χ0n) is 17.0. The Labute approximate surface area is 184 Å². The summed E-state index contributed by atoms with van der Waals surface area (Å²) < 4.78 is 11.6. The van der Waals surface area contributed by atoms with E-state index in [-0.39, 0.29) is 11.4 Å². The topological polar surface area (TPSA) is 84.2 Å². The second kappa shape index (κ2) is 8.65. The van der Waals surface area contributed by atoms with Gasteiger partial charge in [-0.3, -0.25) is 10.2 Å². The summed E-state index contributed by atoms with van der Waals surface area (Å²) in [6, 6.07) is 12.8. The minimum Gasteiger partial charge on any atom is -0.490 e. The molecule has 0 atom stereocenters. The van der Waals surface area contributed by atoms with Crippen LogP contribution in [0, 0.1) is 5.41 Å². The number of hydrogen-bond acceptors (Lipinski definition) is 5. The number of hydroxylamine groups is 2. The zero-order valence-corrected chi connectivity index (χ0v) is 17.8. The molecule has 7 nitrogen and oxygen atoms in total. The van der Waals surface area contributed by atoms with Gasteiger partial charge in [0, 0.05) is 16.7 Å². The molecular weight excluding hydrogens is 418 g/mol. The molecule has 0 spiro atoms. The Morgan fingerprint density at radius 1 is 1.19 bits per heavy atom. The van der Waals surface area contributed by atoms with Crippen LogP contribution in [0.15, 0.2) is 64.9 Å². The lowest BCUT2D eigenvalue weighted by molar-refractivity contribution is -0.114. The largest absolute Gasteiger partial charge is 0.490 e. The maximum atomic E-state index is 12.5. The number of ether oxygens (including phenoxy) is 2. The van der Waals surface area contributed by atoms with E-state index in [9.17, 15) is 4.79 Å². The molecule has 2 aliphatic rings. The first-order valence-corrected chi connectivity index (χ1v) is 10.1. The molecule has 0 aromatic heterocycles. The summed E-state index contributed by atoms with van der Waals surface area (Å²) >= 11 is 6.20. The predicted molar refractivity (Wildman–Crippen MR) is 118 cm³/mol. The molecule has 0 bridgehead atoms. The number of allylic oxidation sites excluding steroid dienone is 1. The molecule has 2 aliphatic heterocycles. The Hall–Kier alpha value is -3.58. The minimum atomic E-state index is -0.497. The molecule has 2 heterocycles. The summed E-state index contributed by atoms with van der Waals surface area (Å²) in [5.74, 6) is 1.39. The molecule has 31 heavy (non-hydrogen) atoms. The second-order valence-electron chi connectivity index (χ2n) is 6.84. The fraction of sp³-hybridized carbons (Fsp3) is 0.174. The molecule has 0 radical (unpaired) electrons. The van der Waals surface area contributed by atoms with Gasteiger partial charge in [0.1, 0.15) is 12.4 Å². The second-order valence-corrected chi connectivity index (χ2v) is 7.25. The average molecular weight is 438 g/mol. The maximum Gasteiger partial charge on any atom is 0.282 e. The highest BCUT2D eigenvalue weighted by Crippen LogP contribution is 2.32. The number of halogens is 1. The predicted octanol–water partition coefficient (Wildman–Crippen LogP) is 4.77. The van der Waals surface area contributed by atoms with Crippen LogP contribution in [0.2, 0.25) is 5.02 Å². The van der Waals surface area contributed by atoms with E-state index in [1.54, 1.807) is 37.3 Å². The Bertz CT molecular complexity index is 1150. The Morgan fingerprint density at radius 2 is 2.00 bits per heavy atom. The number of hydrogen-bond donors (Lipinski definition) is 1. The van der Waals surface area contributed by atoms with Gasteiger partial charge in [0.2, 0.25) is 0 Å². The van der Waals surface area contributed by atoms with Crippen LogP contribution in [0.1, 0.15) is 25.0 Å². The molecule has 2 aromatic rings. The van der Waals surface area contributed by atoms with Crippen LogP contribution in [0.4, 0.5) is 0 Å². The Kier molecular flexibility index (Phi) is 5.77. The monoisotopic (exact) mass is 437 g/mol. The number of amides is 1. The van der Waals surface area contributed by atoms with Crippen LogP contribution in [-0.2, 0) is 16.2 Å². The summed E-state index contributed by atoms with van der Waals surface area (Å²) in [4.78, 5) is 21.9. The van der Waals surface area contributed by atoms with Crippen molar-refractivity contribution in [3.05, 3.63) is 76.0 Å². The lowest BCUT2D eigenvalue weighted by Crippen LogP contribution is -2.38. The fourth-order valence-electron chi connectivity index (χ4n) is 3.14. The van der Waals surface area contributed by atoms with Gasteiger partial charge in [0.05, 0.1) is 12.2 Å². The van der Waals surface area contributed by atoms with Gasteiger partial charge in [-0.15, -0.1) is 5.06 Å². The number of amidine groups is 2. The van der Waals surface area contributed by atoms with Gasteiger partial charge in [0.25, 0.3) is 5.91 Å². The molecule has 158 valence electrons. The summed E-state index contributed by atoms with van der Waals surface area (Å²) in [5.41, 5.74) is 1.66. The van der Waals surface area contributed by atoms with Gasteiger partial charge >= 0.3 is 0 Å². The van der Waals surface area contributed by atoms with E-state index in [0.717, 1.165) is 5.56 Å². The third-order valence-electron chi connectivity index (χ3n) is 4.60. The summed E-state index contributed by atoms with van der Waals surface area (Å²) in [7, 11) is 0. The van der Waals surface area contributed by atoms with Crippen molar-refractivity contribution in [2.75, 3.05) is 6.61 Å². The maximum absolute atomic E-state index is 12.5. The van der Waals surface area contributed by atoms with Crippen molar-refractivity contribution in [2.45, 2.75) is 20.5 Å². The summed E-state index contributed by atoms with van der Waals surface area (Å²) in [6.45, 7) is 4.34. The molecule has 0 aliphatic carbocycles. The standard InChI is InChI=1S/C23H20ClN3O4/c1-3-29-20-12-15(8-9-19(20)30-13-16-6-4-5-7-18(16)24)11-17-22(25)27-21(26-23(17)28)10-14(2)31-27/h4-12,25H,3,13H2,1-2H3/b17-11+,25-22?. The number of benzene rings is 2. The average Bonchev–Trinajstić information content (AvgIpc) is 3.12. The van der Waals surface area contributed by atoms with Crippen molar-refractivity contribution in [3.8, 4) is 11.5 Å². The normalized spacial score (nSPS) is 16.6. The van der Waals surface area contributed by atoms with E-state index in [2.05, 4.69) is 4.99 Å². The van der Waals surface area contributed by atoms with Gasteiger partial charge < -0.3 is 14.3 Å². The van der Waals surface area contributed by atoms with Crippen molar-refractivity contribution in [3.63, 3.8) is 0 Å². The number of nitrogens with one attached hydrogen (secondary N) is 1. The Morgan fingerprint density at radius 3 is 2.77 bits per heavy atom. The quantitative estimate of drug-likeness (QED) is 0.658. The van der Waals surface area contributed by atoms with Gasteiger partial charge in [-0.05, 0) is 43.7 Å². The third kappa shape index (κ3) is 4.32. The van der Waals surface area contributed by atoms with Crippen LogP contribution in [0.3, 0.4) is 0 Å². The summed E-state index contributed by atoms with van der Waals surface area (Å²) in [6.07, 6.45) is 3.20. The number of fused-ring (bicyclic) bond motifs is 1. The molecule has 0 unspecified atom stereocenters. The van der Waals surface area contributed by atoms with Crippen LogP contribution in [-0.4, -0.2) is 29.2 Å². The SMILES string of the molecule is CCOc1cc(/C=C2\C(=N)N3OC(C)=CC3=NC2=O)ccc1OCc1ccccc1Cl. The Balaban J connectivity index is 1.58. The lowest BCUT2D eigenvalue weighted by Gasteiger charge is -2.23. The first-order valence-electron chi connectivity index (χ1n) is 9.69. The highest BCUT2D eigenvalue weighted by Gasteiger charge is 2.34. The van der Waals surface area contributed by atoms with Crippen molar-refractivity contribution in [2.24, 2.45) is 4.99 Å². The molecule has 1 amide bonds. The van der Waals surface area contributed by atoms with Gasteiger partial charge in [-0.25, -0.2) is 0 Å². The van der Waals surface area contributed by atoms with Crippen LogP contribution in [0.25, 0.3) is 6.08 Å². The van der Waals surface area contributed by atoms with Gasteiger partial charge in [0.15, 0.2) is 23.2 Å². The molecule has 0 saturated carbocycles. The number of carbonyl (C=O) groups is 1. The van der Waals surface area contributed by atoms with Crippen LogP contribution in [0.5, 0.6) is 11.5 Å². The lowest BCUT2D eigenvalue weighted by atomic mass is 10.1. The summed E-state index contributed by atoms with van der Waals surface area (Å²) in [5, 5.41) is 10.2. The van der Waals surface area contributed by atoms with E-state index < -0.39 is 5.91 Å². The van der Waals surface area contributed by atoms with Crippen molar-refractivity contribution in [1.29, 1.82) is 5.41 Å². The smallest absolute Gasteiger partial charge is 0.282 e. The number of aliphatic imine (C=N–C) groups is 1. The van der Waals surface area contributed by atoms with Gasteiger partial charge in [-0.2, -0.15) is 4.99 Å². The number of carbonyl (C=O) groups excluding carboxylic acids is 1. The first-order chi connectivity index (χ1) is 15.0. The van der Waals surface area contributed by atoms with Crippen molar-refractivity contribution in [1.82, 2.24) is 5.06 Å². The first kappa shape index (κ1) is 20.7. The molecule has 4 rings (SSSR count). The van der Waals surface area contributed by atoms with E-state index in [0.29, 0.717) is 46.9 Å². The van der Waals surface area contributed by atoms with E-state index in [4.69, 9.17) is 31.3 Å². The zero-order chi connectivity index (χ0) is 22.0. The molecular formula is C23H20ClN3O4. The third-order valence-corrected chi connectivity index (χ3v) is 4.97. The highest BCUT2D eigenvalue weighted by molar-refractivity contribution is 6.32. The number of nitrogens with zero attached hydrogens (tertiary/aromatic N) is 2. The van der Waals surface area contributed by atoms with E-state index in [1.807, 2.05) is 31.2 Å². The molecule has 0 saturated heterocycles. The molecule has 8 heteroatoms. The van der Waals surface area contributed by atoms with E-state index in [1.165, 1.54) is 5.06 Å². The molecule has 1 N–H and O–H groups in total. The van der Waals surface area contributed by atoms with Crippen molar-refractivity contribution < 1.29 is 19.1 Å². The molecule has 2 aromatic carbocycles.